The molecule has 0 radical (unpaired) electrons. The molecule has 204 valence electrons. The Bertz CT molecular complexity index is 1300. The number of hydrogen-bond donors (Lipinski definition) is 3. The van der Waals surface area contributed by atoms with Gasteiger partial charge in [0.25, 0.3) is 5.56 Å². The second-order valence-corrected chi connectivity index (χ2v) is 8.53. The number of aromatic nitrogens is 1. The number of hydrogen-bond acceptors (Lipinski definition) is 6. The minimum atomic E-state index is -1.91. The molecule has 3 N–H and O–H groups in total. The van der Waals surface area contributed by atoms with E-state index in [1.165, 1.54) is 25.3 Å². The third-order valence-electron chi connectivity index (χ3n) is 5.72. The van der Waals surface area contributed by atoms with E-state index in [0.717, 1.165) is 4.57 Å². The number of carboxylic acid groups (broad SMARTS) is 1. The number of carbonyl (C=O) groups excluding carboxylic acids is 3. The van der Waals surface area contributed by atoms with Gasteiger partial charge in [0.2, 0.25) is 23.4 Å². The molecular weight excluding hydrogens is 518 g/mol. The second kappa shape index (κ2) is 11.9. The molecule has 10 nitrogen and oxygen atoms in total. The number of ether oxygens (including phenoxy) is 1. The summed E-state index contributed by atoms with van der Waals surface area (Å²) in [6.07, 6.45) is 1.70. The van der Waals surface area contributed by atoms with E-state index in [1.54, 1.807) is 0 Å². The summed E-state index contributed by atoms with van der Waals surface area (Å²) in [4.78, 5) is 61.8. The van der Waals surface area contributed by atoms with Gasteiger partial charge in [0.1, 0.15) is 24.4 Å². The van der Waals surface area contributed by atoms with Crippen LogP contribution in [0.25, 0.3) is 0 Å². The number of anilines is 1. The molecule has 1 saturated carbocycles. The highest BCUT2D eigenvalue weighted by Crippen LogP contribution is 2.30. The molecule has 14 heteroatoms. The van der Waals surface area contributed by atoms with Crippen molar-refractivity contribution in [2.75, 3.05) is 11.9 Å². The van der Waals surface area contributed by atoms with Crippen LogP contribution < -0.4 is 20.9 Å². The van der Waals surface area contributed by atoms with Crippen LogP contribution in [-0.2, 0) is 19.2 Å². The molecule has 1 fully saturated rings. The van der Waals surface area contributed by atoms with Gasteiger partial charge in [0.15, 0.2) is 23.2 Å². The van der Waals surface area contributed by atoms with Crippen molar-refractivity contribution in [1.82, 2.24) is 9.88 Å². The van der Waals surface area contributed by atoms with Crippen LogP contribution in [0.3, 0.4) is 0 Å². The Morgan fingerprint density at radius 3 is 2.32 bits per heavy atom. The molecule has 0 spiro atoms. The lowest BCUT2D eigenvalue weighted by molar-refractivity contribution is -0.140. The molecule has 0 saturated heterocycles. The summed E-state index contributed by atoms with van der Waals surface area (Å²) in [6, 6.07) is -0.323. The maximum atomic E-state index is 13.8. The van der Waals surface area contributed by atoms with Crippen molar-refractivity contribution in [1.29, 1.82) is 0 Å². The number of ketones is 1. The van der Waals surface area contributed by atoms with E-state index in [2.05, 4.69) is 15.4 Å². The van der Waals surface area contributed by atoms with Gasteiger partial charge in [-0.2, -0.15) is 8.78 Å². The second-order valence-electron chi connectivity index (χ2n) is 8.53. The maximum absolute atomic E-state index is 13.8. The summed E-state index contributed by atoms with van der Waals surface area (Å²) in [5.74, 6) is -13.1. The molecule has 1 unspecified atom stereocenters. The van der Waals surface area contributed by atoms with Crippen LogP contribution in [-0.4, -0.2) is 45.9 Å². The number of benzene rings is 1. The fourth-order valence-corrected chi connectivity index (χ4v) is 3.55. The summed E-state index contributed by atoms with van der Waals surface area (Å²) in [5, 5.41) is 13.8. The summed E-state index contributed by atoms with van der Waals surface area (Å²) in [6.45, 7) is 0.293. The fourth-order valence-electron chi connectivity index (χ4n) is 3.55. The minimum Gasteiger partial charge on any atom is -0.481 e. The van der Waals surface area contributed by atoms with Gasteiger partial charge in [-0.1, -0.05) is 6.92 Å². The Morgan fingerprint density at radius 2 is 1.76 bits per heavy atom. The summed E-state index contributed by atoms with van der Waals surface area (Å²) in [7, 11) is 0. The number of rotatable bonds is 12. The third kappa shape index (κ3) is 6.55. The number of nitrogens with zero attached hydrogens (tertiary/aromatic N) is 1. The van der Waals surface area contributed by atoms with E-state index in [1.807, 2.05) is 0 Å². The van der Waals surface area contributed by atoms with Crippen LogP contribution in [0.4, 0.5) is 23.2 Å². The van der Waals surface area contributed by atoms with E-state index in [4.69, 9.17) is 5.11 Å². The summed E-state index contributed by atoms with van der Waals surface area (Å²) >= 11 is 0. The Balaban J connectivity index is 1.77. The van der Waals surface area contributed by atoms with E-state index in [0.29, 0.717) is 12.8 Å². The molecular formula is C24H23F4N3O7. The third-order valence-corrected chi connectivity index (χ3v) is 5.72. The first-order valence-electron chi connectivity index (χ1n) is 11.5. The molecule has 0 aliphatic heterocycles. The van der Waals surface area contributed by atoms with Crippen molar-refractivity contribution in [3.8, 4) is 5.75 Å². The first kappa shape index (κ1) is 28.3. The van der Waals surface area contributed by atoms with Crippen LogP contribution >= 0.6 is 0 Å². The minimum absolute atomic E-state index is 0.00916. The molecule has 1 aliphatic rings. The van der Waals surface area contributed by atoms with Gasteiger partial charge < -0.3 is 25.0 Å². The number of carbonyl (C=O) groups is 4. The summed E-state index contributed by atoms with van der Waals surface area (Å²) < 4.78 is 60.0. The molecule has 2 aromatic rings. The molecule has 0 bridgehead atoms. The van der Waals surface area contributed by atoms with Gasteiger partial charge in [0, 0.05) is 18.2 Å². The average Bonchev–Trinajstić information content (AvgIpc) is 3.70. The Kier molecular flexibility index (Phi) is 8.86. The fraction of sp³-hybridized carbons (Fsp3) is 0.375. The normalized spacial score (nSPS) is 14.3. The van der Waals surface area contributed by atoms with Crippen LogP contribution in [0.2, 0.25) is 0 Å². The highest BCUT2D eigenvalue weighted by molar-refractivity contribution is 5.94. The van der Waals surface area contributed by atoms with E-state index in [9.17, 15) is 41.5 Å². The predicted octanol–water partition coefficient (Wildman–Crippen LogP) is 2.31. The van der Waals surface area contributed by atoms with Gasteiger partial charge in [-0.25, -0.2) is 8.78 Å². The maximum Gasteiger partial charge on any atom is 0.305 e. The molecule has 2 amide bonds. The first-order chi connectivity index (χ1) is 17.9. The lowest BCUT2D eigenvalue weighted by Crippen LogP contribution is -2.48. The van der Waals surface area contributed by atoms with Crippen LogP contribution in [0.1, 0.15) is 38.6 Å². The van der Waals surface area contributed by atoms with E-state index in [-0.39, 0.29) is 30.0 Å². The molecule has 2 atom stereocenters. The van der Waals surface area contributed by atoms with Crippen LogP contribution in [0.15, 0.2) is 29.2 Å². The summed E-state index contributed by atoms with van der Waals surface area (Å²) in [5.41, 5.74) is -0.791. The zero-order chi connectivity index (χ0) is 28.1. The van der Waals surface area contributed by atoms with E-state index < -0.39 is 77.3 Å². The van der Waals surface area contributed by atoms with Crippen molar-refractivity contribution in [2.45, 2.75) is 44.7 Å². The van der Waals surface area contributed by atoms with Crippen molar-refractivity contribution in [2.24, 2.45) is 5.92 Å². The molecule has 38 heavy (non-hydrogen) atoms. The number of carboxylic acids is 1. The number of amides is 2. The van der Waals surface area contributed by atoms with Crippen molar-refractivity contribution < 1.29 is 46.6 Å². The monoisotopic (exact) mass is 541 g/mol. The highest BCUT2D eigenvalue weighted by Gasteiger charge is 2.32. The standard InChI is InChI=1S/C24H23F4N3O7/c1-2-16(31-7-3-4-14(24(31)37)29-22(35)11-5-6-11)23(36)30-15(9-18(33)34)17(32)10-38-21-19(27)12(25)8-13(26)20(21)28/h3-4,7-8,11,15-16H,2,5-6,9-10H2,1H3,(H,29,35)(H,30,36)(H,33,34)/t15-,16?/m0/s1. The number of halogens is 4. The van der Waals surface area contributed by atoms with Crippen LogP contribution in [0, 0.1) is 29.2 Å². The first-order valence-corrected chi connectivity index (χ1v) is 11.5. The van der Waals surface area contributed by atoms with Crippen molar-refractivity contribution >= 4 is 29.3 Å². The average molecular weight is 541 g/mol. The molecule has 1 aromatic carbocycles. The Morgan fingerprint density at radius 1 is 1.13 bits per heavy atom. The quantitative estimate of drug-likeness (QED) is 0.276. The zero-order valence-corrected chi connectivity index (χ0v) is 19.9. The number of aliphatic carboxylic acids is 1. The van der Waals surface area contributed by atoms with Gasteiger partial charge in [0.05, 0.1) is 6.42 Å². The largest absolute Gasteiger partial charge is 0.481 e. The van der Waals surface area contributed by atoms with Crippen LogP contribution in [0.5, 0.6) is 5.75 Å². The van der Waals surface area contributed by atoms with Crippen molar-refractivity contribution in [3.05, 3.63) is 58.0 Å². The van der Waals surface area contributed by atoms with Gasteiger partial charge >= 0.3 is 5.97 Å². The predicted molar refractivity (Wildman–Crippen MR) is 122 cm³/mol. The van der Waals surface area contributed by atoms with Crippen molar-refractivity contribution in [3.63, 3.8) is 0 Å². The van der Waals surface area contributed by atoms with Gasteiger partial charge in [-0.3, -0.25) is 24.0 Å². The molecule has 1 aliphatic carbocycles. The Hall–Kier alpha value is -4.23. The van der Waals surface area contributed by atoms with Gasteiger partial charge in [-0.05, 0) is 31.4 Å². The number of nitrogens with one attached hydrogen (secondary N) is 2. The Labute approximate surface area is 212 Å². The molecule has 1 aromatic heterocycles. The van der Waals surface area contributed by atoms with Gasteiger partial charge in [-0.15, -0.1) is 0 Å². The highest BCUT2D eigenvalue weighted by atomic mass is 19.2. The SMILES string of the molecule is CCC(C(=O)N[C@@H](CC(=O)O)C(=O)COc1c(F)c(F)cc(F)c1F)n1cccc(NC(=O)C2CC2)c1=O. The lowest BCUT2D eigenvalue weighted by Gasteiger charge is -2.22. The smallest absolute Gasteiger partial charge is 0.305 e. The van der Waals surface area contributed by atoms with E-state index >= 15 is 0 Å². The number of Topliss-reactive ketones (excluding diaryl/α,β-unsaturated/α-hetero) is 1. The lowest BCUT2D eigenvalue weighted by atomic mass is 10.1. The number of pyridine rings is 1. The molecule has 1 heterocycles. The zero-order valence-electron chi connectivity index (χ0n) is 19.9. The molecule has 3 rings (SSSR count). The topological polar surface area (TPSA) is 144 Å².